The molecule has 0 spiro atoms. The number of ketones is 1. The molecule has 0 aromatic carbocycles. The van der Waals surface area contributed by atoms with Crippen molar-refractivity contribution < 1.29 is 70.6 Å². The minimum absolute atomic E-state index is 0.0364. The highest BCUT2D eigenvalue weighted by Gasteiger charge is 2.51. The van der Waals surface area contributed by atoms with Gasteiger partial charge in [0.1, 0.15) is 30.2 Å². The van der Waals surface area contributed by atoms with E-state index in [1.807, 2.05) is 60.5 Å². The molecule has 0 aliphatic carbocycles. The maximum absolute atomic E-state index is 14.7. The van der Waals surface area contributed by atoms with E-state index in [0.29, 0.717) is 51.7 Å². The average Bonchev–Trinajstić information content (AvgIpc) is 3.25. The SMILES string of the molecule is CCOC(C[C@H]1C[C@@H](C)C(=O)CCC(C)C[C@H](CO[C@@H]2O[C@H](C)[C@@H](O[Si](C)(C)C)[C@@H](OC)[C@H]2OC)[C@@H](CC)OC(=O)C[C@@H](O[Si](C)(C)C)[C@@H](C)[C@H]1O[C@@H]1O[C@H](C)[C@@H](O)[C@H](N(C)C)[C@H]1O[Si](C)(C)C)OCC. The first-order chi connectivity index (χ1) is 33.0. The number of carbonyl (C=O) groups excluding carboxylic acids is 2. The van der Waals surface area contributed by atoms with Gasteiger partial charge in [0.25, 0.3) is 0 Å². The van der Waals surface area contributed by atoms with Gasteiger partial charge < -0.3 is 65.9 Å². The van der Waals surface area contributed by atoms with Crippen molar-refractivity contribution in [2.45, 2.75) is 245 Å². The van der Waals surface area contributed by atoms with E-state index in [1.165, 1.54) is 0 Å². The summed E-state index contributed by atoms with van der Waals surface area (Å²) in [6.07, 6.45) is -4.76. The van der Waals surface area contributed by atoms with Crippen molar-refractivity contribution in [2.75, 3.05) is 48.1 Å². The molecule has 0 aromatic heterocycles. The molecule has 0 saturated carbocycles. The molecule has 18 atom stereocenters. The van der Waals surface area contributed by atoms with E-state index in [-0.39, 0.29) is 60.7 Å². The smallest absolute Gasteiger partial charge is 0.308 e. The Morgan fingerprint density at radius 1 is 0.704 bits per heavy atom. The molecule has 3 saturated heterocycles. The Bertz CT molecular complexity index is 1560. The molecule has 3 heterocycles. The van der Waals surface area contributed by atoms with Gasteiger partial charge in [0.2, 0.25) is 0 Å². The molecule has 0 bridgehead atoms. The van der Waals surface area contributed by atoms with Crippen LogP contribution in [-0.4, -0.2) is 181 Å². The van der Waals surface area contributed by atoms with Crippen LogP contribution in [0.3, 0.4) is 0 Å². The Labute approximate surface area is 433 Å². The molecule has 1 unspecified atom stereocenters. The van der Waals surface area contributed by atoms with Gasteiger partial charge in [0, 0.05) is 58.0 Å². The summed E-state index contributed by atoms with van der Waals surface area (Å²) in [7, 11) is 0.552. The number of aliphatic hydroxyl groups excluding tert-OH is 1. The van der Waals surface area contributed by atoms with Crippen LogP contribution in [0.1, 0.15) is 100 Å². The molecule has 3 rings (SSSR count). The van der Waals surface area contributed by atoms with Crippen molar-refractivity contribution in [3.8, 4) is 0 Å². The predicted molar refractivity (Wildman–Crippen MR) is 284 cm³/mol. The van der Waals surface area contributed by atoms with Gasteiger partial charge in [-0.1, -0.05) is 27.7 Å². The lowest BCUT2D eigenvalue weighted by Crippen LogP contribution is -2.65. The van der Waals surface area contributed by atoms with Gasteiger partial charge in [-0.25, -0.2) is 0 Å². The third kappa shape index (κ3) is 20.3. The molecule has 3 fully saturated rings. The normalized spacial score (nSPS) is 37.1. The van der Waals surface area contributed by atoms with E-state index < -0.39 is 105 Å². The zero-order valence-electron chi connectivity index (χ0n) is 48.2. The van der Waals surface area contributed by atoms with Crippen LogP contribution in [0.2, 0.25) is 58.9 Å². The summed E-state index contributed by atoms with van der Waals surface area (Å²) >= 11 is 0. The Morgan fingerprint density at radius 3 is 1.79 bits per heavy atom. The molecule has 3 aliphatic heterocycles. The summed E-state index contributed by atoms with van der Waals surface area (Å²) in [5.74, 6) is -1.46. The summed E-state index contributed by atoms with van der Waals surface area (Å²) in [5.41, 5.74) is 0. The largest absolute Gasteiger partial charge is 0.462 e. The first-order valence-corrected chi connectivity index (χ1v) is 37.2. The number of ether oxygens (including phenoxy) is 9. The van der Waals surface area contributed by atoms with Crippen molar-refractivity contribution in [3.63, 3.8) is 0 Å². The van der Waals surface area contributed by atoms with Gasteiger partial charge in [0.05, 0.1) is 55.7 Å². The number of likely N-dealkylation sites (N-methyl/N-ethyl adjacent to an activating group) is 1. The number of methoxy groups -OCH3 is 2. The number of hydrogen-bond donors (Lipinski definition) is 1. The fourth-order valence-electron chi connectivity index (χ4n) is 10.7. The van der Waals surface area contributed by atoms with E-state index in [4.69, 9.17) is 55.9 Å². The highest BCUT2D eigenvalue weighted by atomic mass is 28.4. The minimum atomic E-state index is -2.36. The fourth-order valence-corrected chi connectivity index (χ4v) is 14.1. The van der Waals surface area contributed by atoms with E-state index in [0.717, 1.165) is 0 Å². The second-order valence-corrected chi connectivity index (χ2v) is 37.3. The number of cyclic esters (lactones) is 1. The van der Waals surface area contributed by atoms with Crippen molar-refractivity contribution in [1.82, 2.24) is 4.90 Å². The lowest BCUT2D eigenvalue weighted by molar-refractivity contribution is -0.303. The second-order valence-electron chi connectivity index (χ2n) is 23.9. The van der Waals surface area contributed by atoms with E-state index in [2.05, 4.69) is 72.8 Å². The first kappa shape index (κ1) is 64.6. The van der Waals surface area contributed by atoms with Gasteiger partial charge in [-0.05, 0) is 138 Å². The van der Waals surface area contributed by atoms with E-state index in [1.54, 1.807) is 14.2 Å². The fraction of sp³-hybridized carbons (Fsp3) is 0.962. The number of Topliss-reactive ketones (excluding diaryl/α,β-unsaturated/α-hetero) is 1. The van der Waals surface area contributed by atoms with E-state index >= 15 is 0 Å². The molecule has 3 aliphatic rings. The summed E-state index contributed by atoms with van der Waals surface area (Å²) in [4.78, 5) is 31.2. The van der Waals surface area contributed by atoms with Crippen molar-refractivity contribution in [1.29, 1.82) is 0 Å². The average molecular weight is 1070 g/mol. The molecular formula is C52H103NO15Si3. The van der Waals surface area contributed by atoms with Crippen LogP contribution < -0.4 is 0 Å². The Morgan fingerprint density at radius 2 is 1.27 bits per heavy atom. The van der Waals surface area contributed by atoms with Gasteiger partial charge >= 0.3 is 5.97 Å². The van der Waals surface area contributed by atoms with Gasteiger partial charge in [0.15, 0.2) is 43.8 Å². The van der Waals surface area contributed by atoms with Crippen LogP contribution in [0.4, 0.5) is 0 Å². The quantitative estimate of drug-likeness (QED) is 0.0658. The topological polar surface area (TPSA) is 168 Å². The number of carbonyl (C=O) groups is 2. The summed E-state index contributed by atoms with van der Waals surface area (Å²) < 4.78 is 78.9. The standard InChI is InChI=1S/C52H103NO15Si3/c1-22-40-38(31-61-51-50(58-12)49(57-11)47(36(8)63-51)67-70(16,17)18)27-32(4)25-26-39(54)33(5)28-37(29-43(59-23-2)60-24-3)46(34(6)41(30-42(55)64-40)66-69(13,14)15)65-52-48(68-71(19,20)21)44(53(9)10)45(56)35(7)62-52/h32-38,40-41,43-52,56H,22-31H2,1-21H3/t32?,33-,34-,35-,36-,37-,38-,40-,41-,44+,45-,46-,47-,48-,49-,50-,51-,52+/m1/s1. The summed E-state index contributed by atoms with van der Waals surface area (Å²) in [6, 6.07) is -0.444. The van der Waals surface area contributed by atoms with Crippen molar-refractivity contribution >= 4 is 36.7 Å². The predicted octanol–water partition coefficient (Wildman–Crippen LogP) is 8.64. The second kappa shape index (κ2) is 29.1. The number of nitrogens with zero attached hydrogens (tertiary/aromatic N) is 1. The molecule has 71 heavy (non-hydrogen) atoms. The highest BCUT2D eigenvalue weighted by molar-refractivity contribution is 6.70. The Hall–Kier alpha value is -0.729. The summed E-state index contributed by atoms with van der Waals surface area (Å²) in [6.45, 7) is 36.2. The monoisotopic (exact) mass is 1070 g/mol. The molecule has 19 heteroatoms. The Kier molecular flexibility index (Phi) is 26.5. The van der Waals surface area contributed by atoms with Crippen LogP contribution in [0.15, 0.2) is 0 Å². The number of hydrogen-bond acceptors (Lipinski definition) is 16. The van der Waals surface area contributed by atoms with Crippen LogP contribution in [0.25, 0.3) is 0 Å². The molecule has 0 amide bonds. The lowest BCUT2D eigenvalue weighted by atomic mass is 9.78. The number of esters is 1. The third-order valence-electron chi connectivity index (χ3n) is 14.0. The van der Waals surface area contributed by atoms with Crippen LogP contribution in [0, 0.1) is 29.6 Å². The van der Waals surface area contributed by atoms with Crippen LogP contribution >= 0.6 is 0 Å². The number of rotatable bonds is 21. The summed E-state index contributed by atoms with van der Waals surface area (Å²) in [5, 5.41) is 11.6. The minimum Gasteiger partial charge on any atom is -0.462 e. The van der Waals surface area contributed by atoms with E-state index in [9.17, 15) is 14.7 Å². The Balaban J connectivity index is 2.17. The molecule has 1 N–H and O–H groups in total. The molecular weight excluding hydrogens is 963 g/mol. The zero-order chi connectivity index (χ0) is 53.8. The van der Waals surface area contributed by atoms with Crippen LogP contribution in [-0.2, 0) is 65.5 Å². The number of aliphatic hydroxyl groups is 1. The van der Waals surface area contributed by atoms with Gasteiger partial charge in [-0.2, -0.15) is 0 Å². The third-order valence-corrected chi connectivity index (χ3v) is 17.0. The highest BCUT2D eigenvalue weighted by Crippen LogP contribution is 2.39. The molecule has 418 valence electrons. The van der Waals surface area contributed by atoms with Crippen molar-refractivity contribution in [2.24, 2.45) is 29.6 Å². The molecule has 0 aromatic rings. The first-order valence-electron chi connectivity index (χ1n) is 26.9. The van der Waals surface area contributed by atoms with Crippen molar-refractivity contribution in [3.05, 3.63) is 0 Å². The lowest BCUT2D eigenvalue weighted by Gasteiger charge is -2.50. The zero-order valence-corrected chi connectivity index (χ0v) is 51.2. The molecule has 16 nitrogen and oxygen atoms in total. The maximum Gasteiger partial charge on any atom is 0.308 e. The van der Waals surface area contributed by atoms with Crippen LogP contribution in [0.5, 0.6) is 0 Å². The molecule has 0 radical (unpaired) electrons. The maximum atomic E-state index is 14.7. The van der Waals surface area contributed by atoms with Gasteiger partial charge in [-0.3, -0.25) is 9.59 Å². The van der Waals surface area contributed by atoms with Gasteiger partial charge in [-0.15, -0.1) is 0 Å².